The Morgan fingerprint density at radius 3 is 2.07 bits per heavy atom. The van der Waals surface area contributed by atoms with E-state index in [1.165, 1.54) is 23.3 Å². The average Bonchev–Trinajstić information content (AvgIpc) is 3.53. The maximum absolute atomic E-state index is 14.2. The van der Waals surface area contributed by atoms with Crippen molar-refractivity contribution in [3.8, 4) is 0 Å². The van der Waals surface area contributed by atoms with E-state index in [1.54, 1.807) is 20.8 Å². The molecule has 0 radical (unpaired) electrons. The fraction of sp³-hybridized carbons (Fsp3) is 0.226. The summed E-state index contributed by atoms with van der Waals surface area (Å²) in [5.41, 5.74) is 5.74. The Balaban J connectivity index is 1.52. The van der Waals surface area contributed by atoms with Gasteiger partial charge in [0.2, 0.25) is 0 Å². The number of hydrogen-bond acceptors (Lipinski definition) is 2. The van der Waals surface area contributed by atoms with Gasteiger partial charge >= 0.3 is 14.8 Å². The van der Waals surface area contributed by atoms with Gasteiger partial charge in [-0.1, -0.05) is 49.8 Å². The van der Waals surface area contributed by atoms with E-state index < -0.39 is 14.8 Å². The molecule has 5 nitrogen and oxygen atoms in total. The van der Waals surface area contributed by atoms with Crippen molar-refractivity contribution in [3.63, 3.8) is 0 Å². The van der Waals surface area contributed by atoms with Crippen LogP contribution < -0.4 is 0 Å². The molecule has 0 N–H and O–H groups in total. The van der Waals surface area contributed by atoms with Crippen molar-refractivity contribution < 1.29 is 17.3 Å². The minimum absolute atomic E-state index is 0.180. The summed E-state index contributed by atoms with van der Waals surface area (Å²) in [6.07, 6.45) is 8.40. The zero-order valence-electron chi connectivity index (χ0n) is 24.6. The summed E-state index contributed by atoms with van der Waals surface area (Å²) >= 11 is 4.08. The van der Waals surface area contributed by atoms with Gasteiger partial charge in [0.15, 0.2) is 0 Å². The lowest BCUT2D eigenvalue weighted by Crippen LogP contribution is -2.18. The van der Waals surface area contributed by atoms with Crippen LogP contribution in [0, 0.1) is 27.9 Å². The third-order valence-electron chi connectivity index (χ3n) is 7.89. The third kappa shape index (κ3) is 6.05. The van der Waals surface area contributed by atoms with Crippen molar-refractivity contribution in [1.29, 1.82) is 0 Å². The minimum atomic E-state index is -2.80. The largest absolute Gasteiger partial charge is 0.677 e. The highest BCUT2D eigenvalue weighted by atomic mass is 127. The second-order valence-electron chi connectivity index (χ2n) is 10.5. The van der Waals surface area contributed by atoms with Crippen molar-refractivity contribution in [3.05, 3.63) is 89.1 Å². The Labute approximate surface area is 281 Å². The summed E-state index contributed by atoms with van der Waals surface area (Å²) in [7, 11) is -5.55. The second-order valence-corrected chi connectivity index (χ2v) is 12.7. The molecule has 5 aromatic rings. The van der Waals surface area contributed by atoms with E-state index in [2.05, 4.69) is 74.6 Å². The maximum atomic E-state index is 14.2. The van der Waals surface area contributed by atoms with E-state index in [1.807, 2.05) is 46.9 Å². The van der Waals surface area contributed by atoms with Gasteiger partial charge in [0.1, 0.15) is 0 Å². The fourth-order valence-electron chi connectivity index (χ4n) is 5.61. The normalized spacial score (nSPS) is 12.3. The van der Waals surface area contributed by atoms with Crippen LogP contribution in [0.3, 0.4) is 0 Å². The number of halogens is 6. The topological polar surface area (TPSA) is 39.5 Å². The molecule has 0 unspecified atom stereocenters. The van der Waals surface area contributed by atoms with Gasteiger partial charge in [-0.3, -0.25) is 17.3 Å². The van der Waals surface area contributed by atoms with Gasteiger partial charge in [-0.05, 0) is 102 Å². The SMILES string of the molecule is CCCCn1c2ccccc2c2cc(/C=C/c3c(I)c(C)n(B(F)F)c3/C=N/N=C/c3c(C)c(I)c(C)n3B(F)F)ccc21. The van der Waals surface area contributed by atoms with Crippen molar-refractivity contribution in [2.75, 3.05) is 0 Å². The molecule has 0 aliphatic heterocycles. The number of unbranched alkanes of at least 4 members (excludes halogenated alkanes) is 1. The van der Waals surface area contributed by atoms with E-state index in [-0.39, 0.29) is 11.4 Å². The first-order chi connectivity index (χ1) is 21.1. The van der Waals surface area contributed by atoms with E-state index in [0.29, 0.717) is 29.7 Å². The van der Waals surface area contributed by atoms with Crippen molar-refractivity contribution in [1.82, 2.24) is 13.5 Å². The number of aryl methyl sites for hydroxylation is 1. The quantitative estimate of drug-likeness (QED) is 0.0443. The van der Waals surface area contributed by atoms with E-state index in [0.717, 1.165) is 44.8 Å². The molecule has 3 aromatic heterocycles. The molecule has 0 saturated carbocycles. The Hall–Kier alpha value is -2.81. The zero-order chi connectivity index (χ0) is 31.7. The monoisotopic (exact) mass is 823 g/mol. The standard InChI is InChI=1S/C31H29B2F4I2N5/c1-5-6-15-42-26-10-8-7-9-23(26)25-16-22(12-14-27(25)42)11-13-24-29(44(33(36)37)21(4)31(24)39)18-41-40-17-28-19(2)30(38)20(3)43(28)32(34)35/h7-14,16-18H,5-6,15H2,1-4H3/b13-11+,40-17+,41-18+. The van der Waals surface area contributed by atoms with Gasteiger partial charge in [0, 0.05) is 52.4 Å². The van der Waals surface area contributed by atoms with Crippen LogP contribution in [-0.4, -0.2) is 40.8 Å². The second kappa shape index (κ2) is 13.7. The molecule has 5 rings (SSSR count). The van der Waals surface area contributed by atoms with E-state index in [4.69, 9.17) is 0 Å². The molecule has 3 heterocycles. The maximum Gasteiger partial charge on any atom is 0.677 e. The first kappa shape index (κ1) is 32.6. The highest BCUT2D eigenvalue weighted by Gasteiger charge is 2.28. The molecular weight excluding hydrogens is 794 g/mol. The first-order valence-corrected chi connectivity index (χ1v) is 16.3. The molecular formula is C31H29B2F4I2N5. The number of nitrogens with zero attached hydrogens (tertiary/aromatic N) is 5. The smallest absolute Gasteiger partial charge is 0.340 e. The highest BCUT2D eigenvalue weighted by Crippen LogP contribution is 2.32. The molecule has 226 valence electrons. The molecule has 2 aromatic carbocycles. The predicted octanol–water partition coefficient (Wildman–Crippen LogP) is 9.50. The molecule has 0 bridgehead atoms. The summed E-state index contributed by atoms with van der Waals surface area (Å²) < 4.78 is 61.4. The highest BCUT2D eigenvalue weighted by molar-refractivity contribution is 14.1. The lowest BCUT2D eigenvalue weighted by atomic mass is 10.1. The Morgan fingerprint density at radius 2 is 1.39 bits per heavy atom. The van der Waals surface area contributed by atoms with Crippen LogP contribution in [0.5, 0.6) is 0 Å². The lowest BCUT2D eigenvalue weighted by molar-refractivity contribution is 0.623. The van der Waals surface area contributed by atoms with E-state index >= 15 is 0 Å². The van der Waals surface area contributed by atoms with Gasteiger partial charge in [-0.2, -0.15) is 10.2 Å². The predicted molar refractivity (Wildman–Crippen MR) is 194 cm³/mol. The number of aromatic nitrogens is 3. The molecule has 0 aliphatic carbocycles. The lowest BCUT2D eigenvalue weighted by Gasteiger charge is -2.06. The summed E-state index contributed by atoms with van der Waals surface area (Å²) in [5.74, 6) is 0. The van der Waals surface area contributed by atoms with Crippen LogP contribution in [0.15, 0.2) is 52.7 Å². The van der Waals surface area contributed by atoms with Gasteiger partial charge in [0.25, 0.3) is 0 Å². The van der Waals surface area contributed by atoms with E-state index in [9.17, 15) is 17.3 Å². The number of rotatable bonds is 10. The number of benzene rings is 2. The van der Waals surface area contributed by atoms with Gasteiger partial charge in [0.05, 0.1) is 23.8 Å². The molecule has 44 heavy (non-hydrogen) atoms. The van der Waals surface area contributed by atoms with Crippen molar-refractivity contribution in [2.24, 2.45) is 10.2 Å². The van der Waals surface area contributed by atoms with Crippen LogP contribution >= 0.6 is 45.2 Å². The number of hydrogen-bond donors (Lipinski definition) is 0. The molecule has 0 saturated heterocycles. The molecule has 0 aliphatic rings. The Bertz CT molecular complexity index is 1940. The van der Waals surface area contributed by atoms with Gasteiger partial charge in [-0.25, -0.2) is 0 Å². The van der Waals surface area contributed by atoms with Crippen LogP contribution in [0.25, 0.3) is 34.0 Å². The molecule has 0 fully saturated rings. The van der Waals surface area contributed by atoms with Crippen LogP contribution in [0.1, 0.15) is 59.2 Å². The molecule has 0 spiro atoms. The number of fused-ring (bicyclic) bond motifs is 3. The average molecular weight is 823 g/mol. The van der Waals surface area contributed by atoms with Crippen LogP contribution in [-0.2, 0) is 6.54 Å². The molecule has 0 atom stereocenters. The fourth-order valence-corrected chi connectivity index (χ4v) is 6.87. The molecule has 0 amide bonds. The zero-order valence-corrected chi connectivity index (χ0v) is 28.9. The summed E-state index contributed by atoms with van der Waals surface area (Å²) in [4.78, 5) is 0. The summed E-state index contributed by atoms with van der Waals surface area (Å²) in [6, 6.07) is 14.6. The summed E-state index contributed by atoms with van der Waals surface area (Å²) in [6.45, 7) is 8.09. The Kier molecular flexibility index (Phi) is 10.1. The van der Waals surface area contributed by atoms with Gasteiger partial charge < -0.3 is 13.5 Å². The third-order valence-corrected chi connectivity index (χ3v) is 10.8. The van der Waals surface area contributed by atoms with Crippen molar-refractivity contribution in [2.45, 2.75) is 47.1 Å². The van der Waals surface area contributed by atoms with Crippen molar-refractivity contribution >= 4 is 106 Å². The molecule has 13 heteroatoms. The van der Waals surface area contributed by atoms with Crippen LogP contribution in [0.4, 0.5) is 17.3 Å². The Morgan fingerprint density at radius 1 is 0.773 bits per heavy atom. The summed E-state index contributed by atoms with van der Waals surface area (Å²) in [5, 5.41) is 10.3. The number of para-hydroxylation sites is 1. The van der Waals surface area contributed by atoms with Crippen LogP contribution in [0.2, 0.25) is 0 Å². The van der Waals surface area contributed by atoms with Gasteiger partial charge in [-0.15, -0.1) is 0 Å². The first-order valence-electron chi connectivity index (χ1n) is 14.2. The minimum Gasteiger partial charge on any atom is -0.340 e.